The standard InChI is InChI=1S/C21H20FN7O/c22-13-2-1-6-29-17(13)8-15(27-29)20-19-14(25-11-26-19)5-7-28(20)18-10-23-16(9-24-18)21(30)12-3-4-12/h1-2,6,8-12,20-21,30H,3-5,7H2,(H,25,26)/t20-,21?/m0/s1. The number of rotatable bonds is 4. The number of aliphatic hydroxyl groups is 1. The van der Waals surface area contributed by atoms with Crippen LogP contribution in [-0.4, -0.2) is 41.2 Å². The maximum atomic E-state index is 14.3. The van der Waals surface area contributed by atoms with Crippen LogP contribution in [-0.2, 0) is 6.42 Å². The number of halogens is 1. The van der Waals surface area contributed by atoms with Crippen molar-refractivity contribution in [3.63, 3.8) is 0 Å². The molecule has 1 aliphatic carbocycles. The Hall–Kier alpha value is -3.33. The molecule has 0 bridgehead atoms. The number of nitrogens with one attached hydrogen (secondary N) is 1. The summed E-state index contributed by atoms with van der Waals surface area (Å²) in [5.41, 5.74) is 3.61. The minimum Gasteiger partial charge on any atom is -0.386 e. The van der Waals surface area contributed by atoms with Gasteiger partial charge in [0.15, 0.2) is 0 Å². The van der Waals surface area contributed by atoms with Gasteiger partial charge in [-0.2, -0.15) is 5.10 Å². The minimum absolute atomic E-state index is 0.298. The molecule has 1 unspecified atom stereocenters. The highest BCUT2D eigenvalue weighted by Crippen LogP contribution is 2.40. The number of aromatic amines is 1. The van der Waals surface area contributed by atoms with E-state index >= 15 is 0 Å². The summed E-state index contributed by atoms with van der Waals surface area (Å²) in [5, 5.41) is 14.9. The lowest BCUT2D eigenvalue weighted by Crippen LogP contribution is -2.37. The number of pyridine rings is 1. The number of hydrogen-bond donors (Lipinski definition) is 2. The Morgan fingerprint density at radius 3 is 2.87 bits per heavy atom. The van der Waals surface area contributed by atoms with Gasteiger partial charge in [-0.25, -0.2) is 18.9 Å². The zero-order valence-electron chi connectivity index (χ0n) is 16.1. The molecule has 6 rings (SSSR count). The van der Waals surface area contributed by atoms with Crippen LogP contribution in [0.2, 0.25) is 0 Å². The molecule has 9 heteroatoms. The van der Waals surface area contributed by atoms with Crippen LogP contribution >= 0.6 is 0 Å². The van der Waals surface area contributed by atoms with Crippen molar-refractivity contribution in [3.8, 4) is 0 Å². The summed E-state index contributed by atoms with van der Waals surface area (Å²) in [5.74, 6) is 0.657. The molecule has 8 nitrogen and oxygen atoms in total. The first-order valence-electron chi connectivity index (χ1n) is 10.1. The summed E-state index contributed by atoms with van der Waals surface area (Å²) in [6.45, 7) is 0.690. The van der Waals surface area contributed by atoms with E-state index in [1.54, 1.807) is 41.6 Å². The molecule has 2 atom stereocenters. The van der Waals surface area contributed by atoms with Crippen LogP contribution < -0.4 is 4.90 Å². The van der Waals surface area contributed by atoms with E-state index in [0.717, 1.165) is 30.7 Å². The first kappa shape index (κ1) is 17.5. The van der Waals surface area contributed by atoms with Crippen LogP contribution in [0.1, 0.15) is 47.8 Å². The molecule has 4 aromatic rings. The normalized spacial score (nSPS) is 19.8. The van der Waals surface area contributed by atoms with Gasteiger partial charge in [0.05, 0.1) is 35.8 Å². The van der Waals surface area contributed by atoms with Crippen molar-refractivity contribution in [3.05, 3.63) is 71.7 Å². The van der Waals surface area contributed by atoms with Crippen molar-refractivity contribution in [2.45, 2.75) is 31.4 Å². The predicted molar refractivity (Wildman–Crippen MR) is 106 cm³/mol. The summed E-state index contributed by atoms with van der Waals surface area (Å²) < 4.78 is 15.8. The fourth-order valence-corrected chi connectivity index (χ4v) is 4.24. The topological polar surface area (TPSA) is 95.2 Å². The first-order valence-corrected chi connectivity index (χ1v) is 10.1. The molecule has 1 fully saturated rings. The Morgan fingerprint density at radius 2 is 2.10 bits per heavy atom. The number of imidazole rings is 1. The van der Waals surface area contributed by atoms with E-state index in [0.29, 0.717) is 35.2 Å². The maximum absolute atomic E-state index is 14.3. The first-order chi connectivity index (χ1) is 14.7. The third kappa shape index (κ3) is 2.77. The quantitative estimate of drug-likeness (QED) is 0.542. The van der Waals surface area contributed by atoms with Crippen LogP contribution in [0.3, 0.4) is 0 Å². The molecule has 2 N–H and O–H groups in total. The van der Waals surface area contributed by atoms with Crippen LogP contribution in [0.4, 0.5) is 10.2 Å². The molecule has 0 saturated heterocycles. The van der Waals surface area contributed by atoms with Gasteiger partial charge in [-0.1, -0.05) is 0 Å². The molecule has 0 aromatic carbocycles. The van der Waals surface area contributed by atoms with Gasteiger partial charge in [0.2, 0.25) is 0 Å². The third-order valence-electron chi connectivity index (χ3n) is 6.00. The Kier molecular flexibility index (Phi) is 3.85. The Labute approximate surface area is 171 Å². The van der Waals surface area contributed by atoms with Crippen molar-refractivity contribution >= 4 is 11.3 Å². The lowest BCUT2D eigenvalue weighted by atomic mass is 10.00. The number of aliphatic hydroxyl groups excluding tert-OH is 1. The van der Waals surface area contributed by atoms with E-state index < -0.39 is 6.10 Å². The molecule has 0 spiro atoms. The summed E-state index contributed by atoms with van der Waals surface area (Å²) in [4.78, 5) is 18.9. The predicted octanol–water partition coefficient (Wildman–Crippen LogP) is 2.58. The number of aromatic nitrogens is 6. The highest BCUT2D eigenvalue weighted by Gasteiger charge is 2.35. The third-order valence-corrected chi connectivity index (χ3v) is 6.00. The van der Waals surface area contributed by atoms with Gasteiger partial charge in [-0.3, -0.25) is 4.98 Å². The molecule has 1 aliphatic heterocycles. The van der Waals surface area contributed by atoms with E-state index in [1.165, 1.54) is 6.07 Å². The molecule has 0 amide bonds. The second-order valence-corrected chi connectivity index (χ2v) is 7.95. The average molecular weight is 405 g/mol. The van der Waals surface area contributed by atoms with Gasteiger partial charge < -0.3 is 15.0 Å². The smallest absolute Gasteiger partial charge is 0.148 e. The van der Waals surface area contributed by atoms with Crippen LogP contribution in [0.15, 0.2) is 43.1 Å². The lowest BCUT2D eigenvalue weighted by molar-refractivity contribution is 0.148. The van der Waals surface area contributed by atoms with Crippen molar-refractivity contribution in [2.24, 2.45) is 5.92 Å². The molecular formula is C21H20FN7O. The number of fused-ring (bicyclic) bond motifs is 2. The van der Waals surface area contributed by atoms with Crippen molar-refractivity contribution in [1.29, 1.82) is 0 Å². The molecular weight excluding hydrogens is 385 g/mol. The zero-order valence-corrected chi connectivity index (χ0v) is 16.1. The molecule has 0 radical (unpaired) electrons. The molecule has 2 aliphatic rings. The summed E-state index contributed by atoms with van der Waals surface area (Å²) in [6, 6.07) is 4.50. The van der Waals surface area contributed by atoms with E-state index in [1.807, 2.05) is 0 Å². The van der Waals surface area contributed by atoms with Crippen LogP contribution in [0.25, 0.3) is 5.52 Å². The van der Waals surface area contributed by atoms with E-state index in [2.05, 4.69) is 29.9 Å². The van der Waals surface area contributed by atoms with E-state index in [-0.39, 0.29) is 11.9 Å². The number of H-pyrrole nitrogens is 1. The largest absolute Gasteiger partial charge is 0.386 e. The van der Waals surface area contributed by atoms with Gasteiger partial charge in [-0.05, 0) is 37.0 Å². The van der Waals surface area contributed by atoms with Crippen molar-refractivity contribution < 1.29 is 9.50 Å². The average Bonchev–Trinajstić information content (AvgIpc) is 3.34. The number of nitrogens with zero attached hydrogens (tertiary/aromatic N) is 6. The Balaban J connectivity index is 1.42. The van der Waals surface area contributed by atoms with Crippen LogP contribution in [0, 0.1) is 11.7 Å². The fourth-order valence-electron chi connectivity index (χ4n) is 4.24. The minimum atomic E-state index is -0.553. The van der Waals surface area contributed by atoms with Crippen LogP contribution in [0.5, 0.6) is 0 Å². The van der Waals surface area contributed by atoms with E-state index in [9.17, 15) is 9.50 Å². The molecule has 1 saturated carbocycles. The Morgan fingerprint density at radius 1 is 1.20 bits per heavy atom. The van der Waals surface area contributed by atoms with Gasteiger partial charge in [-0.15, -0.1) is 0 Å². The highest BCUT2D eigenvalue weighted by atomic mass is 19.1. The van der Waals surface area contributed by atoms with Crippen molar-refractivity contribution in [1.82, 2.24) is 29.5 Å². The summed E-state index contributed by atoms with van der Waals surface area (Å²) in [7, 11) is 0. The maximum Gasteiger partial charge on any atom is 0.148 e. The molecule has 4 aromatic heterocycles. The monoisotopic (exact) mass is 405 g/mol. The van der Waals surface area contributed by atoms with E-state index in [4.69, 9.17) is 0 Å². The van der Waals surface area contributed by atoms with Gasteiger partial charge in [0.25, 0.3) is 0 Å². The highest BCUT2D eigenvalue weighted by molar-refractivity contribution is 5.54. The Bertz CT molecular complexity index is 1210. The SMILES string of the molecule is OC(c1cnc(N2CCc3[nH]cnc3[C@@H]2c2cc3c(F)cccn3n2)cn1)C1CC1. The van der Waals surface area contributed by atoms with Gasteiger partial charge >= 0.3 is 0 Å². The van der Waals surface area contributed by atoms with Gasteiger partial charge in [0, 0.05) is 24.9 Å². The zero-order chi connectivity index (χ0) is 20.2. The van der Waals surface area contributed by atoms with Gasteiger partial charge in [0.1, 0.15) is 29.3 Å². The number of anilines is 1. The lowest BCUT2D eigenvalue weighted by Gasteiger charge is -2.34. The molecule has 152 valence electrons. The second kappa shape index (κ2) is 6.60. The fraction of sp³-hybridized carbons (Fsp3) is 0.333. The van der Waals surface area contributed by atoms with Crippen molar-refractivity contribution in [2.75, 3.05) is 11.4 Å². The summed E-state index contributed by atoms with van der Waals surface area (Å²) >= 11 is 0. The molecule has 5 heterocycles. The summed E-state index contributed by atoms with van der Waals surface area (Å²) in [6.07, 6.45) is 9.05. The molecule has 30 heavy (non-hydrogen) atoms. The number of hydrogen-bond acceptors (Lipinski definition) is 6. The second-order valence-electron chi connectivity index (χ2n) is 7.95.